The van der Waals surface area contributed by atoms with E-state index in [1.807, 2.05) is 0 Å². The summed E-state index contributed by atoms with van der Waals surface area (Å²) in [7, 11) is 0. The summed E-state index contributed by atoms with van der Waals surface area (Å²) in [6.07, 6.45) is 2.93. The largest absolute Gasteiger partial charge is 0.480 e. The molecule has 9 nitrogen and oxygen atoms in total. The lowest BCUT2D eigenvalue weighted by molar-refractivity contribution is -0.142. The van der Waals surface area contributed by atoms with E-state index in [9.17, 15) is 19.2 Å². The number of rotatable bonds is 8. The highest BCUT2D eigenvalue weighted by Crippen LogP contribution is 2.21. The van der Waals surface area contributed by atoms with E-state index >= 15 is 0 Å². The summed E-state index contributed by atoms with van der Waals surface area (Å²) in [5.41, 5.74) is 0. The summed E-state index contributed by atoms with van der Waals surface area (Å²) in [6, 6.07) is -3.04. The summed E-state index contributed by atoms with van der Waals surface area (Å²) >= 11 is 7.97. The van der Waals surface area contributed by atoms with E-state index in [-0.39, 0.29) is 23.5 Å². The molecule has 0 radical (unpaired) electrons. The maximum Gasteiger partial charge on any atom is 0.327 e. The Morgan fingerprint density at radius 2 is 1.78 bits per heavy atom. The smallest absolute Gasteiger partial charge is 0.327 e. The van der Waals surface area contributed by atoms with Gasteiger partial charge < -0.3 is 26.0 Å². The van der Waals surface area contributed by atoms with Gasteiger partial charge in [-0.3, -0.25) is 14.4 Å². The molecule has 0 aliphatic carbocycles. The molecule has 152 valence electrons. The summed E-state index contributed by atoms with van der Waals surface area (Å²) in [4.78, 5) is 50.2. The van der Waals surface area contributed by atoms with Gasteiger partial charge in [-0.2, -0.15) is 25.3 Å². The van der Waals surface area contributed by atoms with Crippen LogP contribution in [-0.2, 0) is 19.2 Å². The van der Waals surface area contributed by atoms with Crippen molar-refractivity contribution in [3.05, 3.63) is 0 Å². The third-order valence-electron chi connectivity index (χ3n) is 4.81. The number of aliphatic carboxylic acids is 1. The second kappa shape index (κ2) is 10.2. The summed E-state index contributed by atoms with van der Waals surface area (Å²) in [6.45, 7) is 1.30. The van der Waals surface area contributed by atoms with Gasteiger partial charge in [0.2, 0.25) is 17.7 Å². The maximum absolute atomic E-state index is 12.7. The minimum atomic E-state index is -1.21. The minimum Gasteiger partial charge on any atom is -0.480 e. The molecule has 4 N–H and O–H groups in total. The van der Waals surface area contributed by atoms with E-state index in [1.165, 1.54) is 0 Å². The van der Waals surface area contributed by atoms with Crippen molar-refractivity contribution in [1.29, 1.82) is 0 Å². The average Bonchev–Trinajstić information content (AvgIpc) is 3.34. The molecule has 4 unspecified atom stereocenters. The van der Waals surface area contributed by atoms with Crippen LogP contribution in [0.2, 0.25) is 0 Å². The Hall–Kier alpha value is -1.46. The lowest BCUT2D eigenvalue weighted by Gasteiger charge is -2.28. The van der Waals surface area contributed by atoms with E-state index in [1.54, 1.807) is 4.90 Å². The molecule has 0 aromatic heterocycles. The number of amides is 3. The standard InChI is InChI=1S/C16H26N4O5S2/c21-13(19-11(8-27)16(24)25)10(7-26)18-14(22)12-4-2-6-20(12)15(23)9-3-1-5-17-9/h9-12,17,26-27H,1-8H2,(H,18,22)(H,19,21)(H,24,25). The van der Waals surface area contributed by atoms with Crippen LogP contribution < -0.4 is 16.0 Å². The molecule has 2 saturated heterocycles. The predicted molar refractivity (Wildman–Crippen MR) is 105 cm³/mol. The Morgan fingerprint density at radius 1 is 1.07 bits per heavy atom. The van der Waals surface area contributed by atoms with Crippen LogP contribution in [0.3, 0.4) is 0 Å². The van der Waals surface area contributed by atoms with E-state index in [0.717, 1.165) is 25.8 Å². The van der Waals surface area contributed by atoms with Gasteiger partial charge in [0, 0.05) is 18.1 Å². The Labute approximate surface area is 168 Å². The van der Waals surface area contributed by atoms with Crippen LogP contribution in [0.15, 0.2) is 0 Å². The van der Waals surface area contributed by atoms with E-state index in [4.69, 9.17) is 5.11 Å². The molecule has 2 fully saturated rings. The number of carboxylic acid groups (broad SMARTS) is 1. The molecule has 0 aromatic rings. The van der Waals surface area contributed by atoms with Gasteiger partial charge in [0.25, 0.3) is 0 Å². The van der Waals surface area contributed by atoms with Gasteiger partial charge in [0.15, 0.2) is 0 Å². The number of nitrogens with zero attached hydrogens (tertiary/aromatic N) is 1. The zero-order chi connectivity index (χ0) is 20.0. The van der Waals surface area contributed by atoms with Crippen LogP contribution in [-0.4, -0.2) is 82.5 Å². The molecule has 2 heterocycles. The molecule has 0 aromatic carbocycles. The number of carbonyl (C=O) groups is 4. The first-order valence-electron chi connectivity index (χ1n) is 8.98. The molecule has 4 atom stereocenters. The van der Waals surface area contributed by atoms with Gasteiger partial charge in [0.05, 0.1) is 6.04 Å². The predicted octanol–water partition coefficient (Wildman–Crippen LogP) is -1.36. The summed E-state index contributed by atoms with van der Waals surface area (Å²) in [5.74, 6) is -2.44. The van der Waals surface area contributed by atoms with Crippen LogP contribution in [0.25, 0.3) is 0 Å². The SMILES string of the molecule is O=C(O)C(CS)NC(=O)C(CS)NC(=O)C1CCCN1C(=O)C1CCCN1. The molecular weight excluding hydrogens is 392 g/mol. The number of hydrogen-bond donors (Lipinski definition) is 6. The molecule has 11 heteroatoms. The van der Waals surface area contributed by atoms with Crippen molar-refractivity contribution in [2.75, 3.05) is 24.6 Å². The highest BCUT2D eigenvalue weighted by Gasteiger charge is 2.39. The number of hydrogen-bond acceptors (Lipinski definition) is 7. The van der Waals surface area contributed by atoms with Gasteiger partial charge in [-0.1, -0.05) is 0 Å². The summed E-state index contributed by atoms with van der Waals surface area (Å²) < 4.78 is 0. The van der Waals surface area contributed by atoms with Crippen LogP contribution in [0.5, 0.6) is 0 Å². The first-order chi connectivity index (χ1) is 12.9. The quantitative estimate of drug-likeness (QED) is 0.270. The Kier molecular flexibility index (Phi) is 8.24. The lowest BCUT2D eigenvalue weighted by atomic mass is 10.1. The topological polar surface area (TPSA) is 128 Å². The molecule has 0 bridgehead atoms. The first-order valence-corrected chi connectivity index (χ1v) is 10.2. The number of thiol groups is 2. The minimum absolute atomic E-state index is 0.00132. The van der Waals surface area contributed by atoms with Crippen molar-refractivity contribution in [2.45, 2.75) is 49.9 Å². The number of nitrogens with one attached hydrogen (secondary N) is 3. The third-order valence-corrected chi connectivity index (χ3v) is 5.54. The van der Waals surface area contributed by atoms with Crippen molar-refractivity contribution >= 4 is 48.9 Å². The van der Waals surface area contributed by atoms with E-state index in [0.29, 0.717) is 13.0 Å². The molecular formula is C16H26N4O5S2. The number of likely N-dealkylation sites (tertiary alicyclic amines) is 1. The third kappa shape index (κ3) is 5.52. The van der Waals surface area contributed by atoms with Crippen molar-refractivity contribution in [3.8, 4) is 0 Å². The van der Waals surface area contributed by atoms with Crippen molar-refractivity contribution < 1.29 is 24.3 Å². The van der Waals surface area contributed by atoms with Crippen molar-refractivity contribution in [3.63, 3.8) is 0 Å². The highest BCUT2D eigenvalue weighted by atomic mass is 32.1. The van der Waals surface area contributed by atoms with Gasteiger partial charge in [0.1, 0.15) is 18.1 Å². The fourth-order valence-electron chi connectivity index (χ4n) is 3.32. The molecule has 0 spiro atoms. The Balaban J connectivity index is 1.97. The fraction of sp³-hybridized carbons (Fsp3) is 0.750. The molecule has 0 saturated carbocycles. The van der Waals surface area contributed by atoms with Crippen LogP contribution in [0.1, 0.15) is 25.7 Å². The average molecular weight is 419 g/mol. The van der Waals surface area contributed by atoms with Gasteiger partial charge in [-0.15, -0.1) is 0 Å². The summed E-state index contributed by atoms with van der Waals surface area (Å²) in [5, 5.41) is 17.1. The Bertz CT molecular complexity index is 585. The van der Waals surface area contributed by atoms with Crippen LogP contribution in [0.4, 0.5) is 0 Å². The molecule has 2 aliphatic rings. The molecule has 2 rings (SSSR count). The number of carboxylic acids is 1. The number of carbonyl (C=O) groups excluding carboxylic acids is 3. The second-order valence-corrected chi connectivity index (χ2v) is 7.39. The first kappa shape index (κ1) is 21.8. The lowest BCUT2D eigenvalue weighted by Crippen LogP contribution is -2.57. The zero-order valence-corrected chi connectivity index (χ0v) is 16.7. The molecule has 27 heavy (non-hydrogen) atoms. The normalized spacial score (nSPS) is 24.3. The fourth-order valence-corrected chi connectivity index (χ4v) is 3.82. The molecule has 3 amide bonds. The van der Waals surface area contributed by atoms with Crippen molar-refractivity contribution in [1.82, 2.24) is 20.9 Å². The second-order valence-electron chi connectivity index (χ2n) is 6.66. The Morgan fingerprint density at radius 3 is 2.33 bits per heavy atom. The van der Waals surface area contributed by atoms with E-state index < -0.39 is 35.9 Å². The van der Waals surface area contributed by atoms with Gasteiger partial charge >= 0.3 is 5.97 Å². The monoisotopic (exact) mass is 418 g/mol. The highest BCUT2D eigenvalue weighted by molar-refractivity contribution is 7.80. The van der Waals surface area contributed by atoms with Gasteiger partial charge in [-0.05, 0) is 32.2 Å². The van der Waals surface area contributed by atoms with E-state index in [2.05, 4.69) is 41.2 Å². The van der Waals surface area contributed by atoms with Gasteiger partial charge in [-0.25, -0.2) is 4.79 Å². The maximum atomic E-state index is 12.7. The molecule has 2 aliphatic heterocycles. The van der Waals surface area contributed by atoms with Crippen LogP contribution in [0, 0.1) is 0 Å². The zero-order valence-electron chi connectivity index (χ0n) is 14.9. The van der Waals surface area contributed by atoms with Crippen LogP contribution >= 0.6 is 25.3 Å². The van der Waals surface area contributed by atoms with Crippen molar-refractivity contribution in [2.24, 2.45) is 0 Å².